The van der Waals surface area contributed by atoms with Crippen molar-refractivity contribution in [3.8, 4) is 0 Å². The Labute approximate surface area is 473 Å². The van der Waals surface area contributed by atoms with E-state index < -0.39 is 6.10 Å². The lowest BCUT2D eigenvalue weighted by Crippen LogP contribution is -2.30. The molecule has 0 bridgehead atoms. The van der Waals surface area contributed by atoms with Crippen LogP contribution in [-0.4, -0.2) is 37.2 Å². The molecule has 6 nitrogen and oxygen atoms in total. The zero-order chi connectivity index (χ0) is 55.7. The van der Waals surface area contributed by atoms with Gasteiger partial charge in [0.25, 0.3) is 0 Å². The predicted molar refractivity (Wildman–Crippen MR) is 334 cm³/mol. The standard InChI is InChI=1S/C71H112O6/c1-4-7-10-13-16-19-22-25-28-31-33-34-35-36-38-40-43-46-49-52-55-58-61-64-70(73)76-67-68(66-75-69(72)63-60-57-54-51-48-45-42-39-30-27-24-21-18-15-12-9-6-3)77-71(74)65-62-59-56-53-50-47-44-41-37-32-29-26-23-20-17-14-11-8-5-2/h7-12,16-21,25-30,33-34,36-38,41,47,50,68H,4-6,13-15,22-24,31-32,35,39-40,42-46,48-49,51-67H2,1-3H3/b10-7-,11-8-,12-9-,19-16-,20-17-,21-18-,28-25-,29-26-,30-27-,34-33-,38-36-,41-37-,50-47-. The number of hydrogen-bond acceptors (Lipinski definition) is 6. The van der Waals surface area contributed by atoms with Gasteiger partial charge in [0.15, 0.2) is 6.10 Å². The van der Waals surface area contributed by atoms with Crippen molar-refractivity contribution in [3.05, 3.63) is 158 Å². The fourth-order valence-corrected chi connectivity index (χ4v) is 7.98. The molecule has 432 valence electrons. The van der Waals surface area contributed by atoms with Gasteiger partial charge in [-0.3, -0.25) is 14.4 Å². The molecule has 1 atom stereocenters. The molecule has 0 aliphatic heterocycles. The molecule has 0 radical (unpaired) electrons. The summed E-state index contributed by atoms with van der Waals surface area (Å²) in [7, 11) is 0. The topological polar surface area (TPSA) is 78.9 Å². The van der Waals surface area contributed by atoms with E-state index in [0.29, 0.717) is 19.3 Å². The highest BCUT2D eigenvalue weighted by Gasteiger charge is 2.19. The zero-order valence-electron chi connectivity index (χ0n) is 49.4. The first-order valence-corrected chi connectivity index (χ1v) is 31.0. The number of unbranched alkanes of at least 4 members (excludes halogenated alkanes) is 17. The Morgan fingerprint density at radius 2 is 0.468 bits per heavy atom. The van der Waals surface area contributed by atoms with E-state index in [4.69, 9.17) is 14.2 Å². The Hall–Kier alpha value is -4.97. The van der Waals surface area contributed by atoms with Crippen LogP contribution in [0.2, 0.25) is 0 Å². The molecule has 0 saturated carbocycles. The highest BCUT2D eigenvalue weighted by molar-refractivity contribution is 5.71. The van der Waals surface area contributed by atoms with Gasteiger partial charge in [-0.25, -0.2) is 0 Å². The van der Waals surface area contributed by atoms with Crippen LogP contribution in [0.25, 0.3) is 0 Å². The molecule has 0 N–H and O–H groups in total. The summed E-state index contributed by atoms with van der Waals surface area (Å²) in [5, 5.41) is 0. The summed E-state index contributed by atoms with van der Waals surface area (Å²) in [4.78, 5) is 38.3. The van der Waals surface area contributed by atoms with Crippen molar-refractivity contribution < 1.29 is 28.6 Å². The van der Waals surface area contributed by atoms with Crippen LogP contribution >= 0.6 is 0 Å². The SMILES string of the molecule is CC/C=C\C/C=C\C/C=C\C/C=C\C/C=C\CCCCCCCCCC(=O)OCC(COC(=O)CCCCCCCCC/C=C\C/C=C\C/C=C\CC)OC(=O)CCCCC/C=C\C/C=C\C/C=C\C/C=C\C/C=C\CC. The van der Waals surface area contributed by atoms with Gasteiger partial charge in [-0.1, -0.05) is 249 Å². The van der Waals surface area contributed by atoms with Crippen LogP contribution in [0.5, 0.6) is 0 Å². The van der Waals surface area contributed by atoms with Crippen molar-refractivity contribution in [2.24, 2.45) is 0 Å². The first-order chi connectivity index (χ1) is 38.0. The van der Waals surface area contributed by atoms with Gasteiger partial charge in [-0.05, 0) is 141 Å². The highest BCUT2D eigenvalue weighted by atomic mass is 16.6. The van der Waals surface area contributed by atoms with Crippen LogP contribution in [0.15, 0.2) is 158 Å². The molecule has 0 fully saturated rings. The van der Waals surface area contributed by atoms with Crippen LogP contribution in [0.1, 0.15) is 252 Å². The van der Waals surface area contributed by atoms with Gasteiger partial charge in [0.1, 0.15) is 13.2 Å². The van der Waals surface area contributed by atoms with Crippen LogP contribution in [0.3, 0.4) is 0 Å². The van der Waals surface area contributed by atoms with Gasteiger partial charge in [0.05, 0.1) is 0 Å². The number of carbonyl (C=O) groups excluding carboxylic acids is 3. The second-order valence-electron chi connectivity index (χ2n) is 19.8. The highest BCUT2D eigenvalue weighted by Crippen LogP contribution is 2.14. The van der Waals surface area contributed by atoms with Crippen molar-refractivity contribution in [3.63, 3.8) is 0 Å². The lowest BCUT2D eigenvalue weighted by Gasteiger charge is -2.18. The van der Waals surface area contributed by atoms with E-state index >= 15 is 0 Å². The van der Waals surface area contributed by atoms with Gasteiger partial charge < -0.3 is 14.2 Å². The third-order valence-electron chi connectivity index (χ3n) is 12.5. The number of carbonyl (C=O) groups is 3. The van der Waals surface area contributed by atoms with E-state index in [-0.39, 0.29) is 37.5 Å². The van der Waals surface area contributed by atoms with E-state index in [2.05, 4.69) is 179 Å². The molecule has 0 aromatic rings. The summed E-state index contributed by atoms with van der Waals surface area (Å²) in [6.45, 7) is 6.25. The molecule has 0 rings (SSSR count). The lowest BCUT2D eigenvalue weighted by molar-refractivity contribution is -0.167. The van der Waals surface area contributed by atoms with Gasteiger partial charge in [0, 0.05) is 19.3 Å². The largest absolute Gasteiger partial charge is 0.462 e. The maximum Gasteiger partial charge on any atom is 0.306 e. The lowest BCUT2D eigenvalue weighted by atomic mass is 10.1. The first-order valence-electron chi connectivity index (χ1n) is 31.0. The molecule has 0 aliphatic carbocycles. The van der Waals surface area contributed by atoms with E-state index in [1.165, 1.54) is 51.4 Å². The summed E-state index contributed by atoms with van der Waals surface area (Å²) in [5.74, 6) is -0.963. The second-order valence-corrected chi connectivity index (χ2v) is 19.8. The third-order valence-corrected chi connectivity index (χ3v) is 12.5. The molecule has 0 aromatic carbocycles. The molecule has 0 aromatic heterocycles. The molecule has 0 amide bonds. The number of rotatable bonds is 54. The second kappa shape index (κ2) is 63.6. The van der Waals surface area contributed by atoms with Crippen molar-refractivity contribution in [2.75, 3.05) is 13.2 Å². The molecular formula is C71H112O6. The molecule has 77 heavy (non-hydrogen) atoms. The first kappa shape index (κ1) is 72.0. The maximum absolute atomic E-state index is 12.9. The molecule has 0 heterocycles. The Bertz CT molecular complexity index is 1740. The number of ether oxygens (including phenoxy) is 3. The van der Waals surface area contributed by atoms with E-state index in [9.17, 15) is 14.4 Å². The van der Waals surface area contributed by atoms with Crippen molar-refractivity contribution in [1.82, 2.24) is 0 Å². The van der Waals surface area contributed by atoms with E-state index in [1.54, 1.807) is 0 Å². The quantitative estimate of drug-likeness (QED) is 0.0261. The average Bonchev–Trinajstić information content (AvgIpc) is 3.43. The monoisotopic (exact) mass is 1060 g/mol. The minimum atomic E-state index is -0.814. The Kier molecular flexibility index (Phi) is 59.5. The van der Waals surface area contributed by atoms with E-state index in [0.717, 1.165) is 154 Å². The minimum absolute atomic E-state index is 0.107. The summed E-state index contributed by atoms with van der Waals surface area (Å²) < 4.78 is 16.9. The smallest absolute Gasteiger partial charge is 0.306 e. The molecule has 6 heteroatoms. The molecule has 0 spiro atoms. The van der Waals surface area contributed by atoms with Gasteiger partial charge in [0.2, 0.25) is 0 Å². The number of hydrogen-bond donors (Lipinski definition) is 0. The average molecular weight is 1060 g/mol. The van der Waals surface area contributed by atoms with Crippen LogP contribution in [0, 0.1) is 0 Å². The summed E-state index contributed by atoms with van der Waals surface area (Å²) in [6.07, 6.45) is 92.3. The fraction of sp³-hybridized carbons (Fsp3) is 0.592. The van der Waals surface area contributed by atoms with Crippen molar-refractivity contribution in [2.45, 2.75) is 258 Å². The maximum atomic E-state index is 12.9. The Morgan fingerprint density at radius 3 is 0.740 bits per heavy atom. The zero-order valence-corrected chi connectivity index (χ0v) is 49.4. The molecule has 0 aliphatic rings. The molecule has 0 saturated heterocycles. The minimum Gasteiger partial charge on any atom is -0.462 e. The van der Waals surface area contributed by atoms with Crippen LogP contribution in [-0.2, 0) is 28.6 Å². The fourth-order valence-electron chi connectivity index (χ4n) is 7.98. The Balaban J connectivity index is 4.50. The van der Waals surface area contributed by atoms with Crippen LogP contribution in [0.4, 0.5) is 0 Å². The summed E-state index contributed by atoms with van der Waals surface area (Å²) >= 11 is 0. The van der Waals surface area contributed by atoms with Gasteiger partial charge in [-0.15, -0.1) is 0 Å². The molecule has 1 unspecified atom stereocenters. The molecular weight excluding hydrogens is 949 g/mol. The normalized spacial score (nSPS) is 13.2. The number of allylic oxidation sites excluding steroid dienone is 26. The van der Waals surface area contributed by atoms with Gasteiger partial charge in [-0.2, -0.15) is 0 Å². The number of esters is 3. The van der Waals surface area contributed by atoms with E-state index in [1.807, 2.05) is 0 Å². The van der Waals surface area contributed by atoms with Gasteiger partial charge >= 0.3 is 17.9 Å². The van der Waals surface area contributed by atoms with Crippen LogP contribution < -0.4 is 0 Å². The Morgan fingerprint density at radius 1 is 0.260 bits per heavy atom. The predicted octanol–water partition coefficient (Wildman–Crippen LogP) is 21.3. The van der Waals surface area contributed by atoms with Crippen molar-refractivity contribution in [1.29, 1.82) is 0 Å². The third kappa shape index (κ3) is 61.8. The summed E-state index contributed by atoms with van der Waals surface area (Å²) in [5.41, 5.74) is 0. The summed E-state index contributed by atoms with van der Waals surface area (Å²) in [6, 6.07) is 0. The van der Waals surface area contributed by atoms with Crippen molar-refractivity contribution >= 4 is 17.9 Å².